The summed E-state index contributed by atoms with van der Waals surface area (Å²) >= 11 is 1.82. The Labute approximate surface area is 222 Å². The minimum atomic E-state index is -0.463. The highest BCUT2D eigenvalue weighted by molar-refractivity contribution is 7.19. The van der Waals surface area contributed by atoms with Crippen molar-refractivity contribution in [3.8, 4) is 11.5 Å². The van der Waals surface area contributed by atoms with Crippen LogP contribution in [-0.4, -0.2) is 55.1 Å². The van der Waals surface area contributed by atoms with Crippen molar-refractivity contribution >= 4 is 21.4 Å². The Morgan fingerprint density at radius 1 is 1.16 bits per heavy atom. The maximum atomic E-state index is 11.0. The SMILES string of the molecule is CO[C@]12CC[C@@]3(C[C@]1(C)COCc1cc4ccccc4s1)[C@H]1Cc4ccc(O)c5c4[C@@]3(CCN1C)C2O5. The summed E-state index contributed by atoms with van der Waals surface area (Å²) in [5.74, 6) is 1.01. The highest BCUT2D eigenvalue weighted by atomic mass is 32.1. The van der Waals surface area contributed by atoms with E-state index in [0.29, 0.717) is 19.3 Å². The topological polar surface area (TPSA) is 51.2 Å². The van der Waals surface area contributed by atoms with E-state index in [0.717, 1.165) is 44.4 Å². The zero-order valence-corrected chi connectivity index (χ0v) is 22.7. The molecule has 3 aromatic rings. The van der Waals surface area contributed by atoms with E-state index in [2.05, 4.69) is 55.3 Å². The third kappa shape index (κ3) is 2.52. The van der Waals surface area contributed by atoms with Gasteiger partial charge in [-0.2, -0.15) is 0 Å². The van der Waals surface area contributed by atoms with Gasteiger partial charge in [0.05, 0.1) is 13.2 Å². The number of ether oxygens (including phenoxy) is 3. The Hall–Kier alpha value is -2.12. The summed E-state index contributed by atoms with van der Waals surface area (Å²) in [5, 5.41) is 12.3. The van der Waals surface area contributed by atoms with Gasteiger partial charge in [-0.05, 0) is 74.8 Å². The molecule has 2 aromatic carbocycles. The standard InChI is InChI=1S/C31H35NO4S/c1-28(18-35-16-21-14-19-6-4-5-7-23(19)37-21)17-29-10-11-31(28,34-3)27-30(29)12-13-32(2)24(29)15-20-8-9-22(33)26(36-27)25(20)30/h4-9,14,24,27,33H,10-13,15-18H2,1-3H3/t24-,27?,28-,29-,30+,31+/m1/s1. The minimum absolute atomic E-state index is 0.0900. The quantitative estimate of drug-likeness (QED) is 0.474. The largest absolute Gasteiger partial charge is 0.504 e. The van der Waals surface area contributed by atoms with Crippen LogP contribution >= 0.6 is 11.3 Å². The first-order chi connectivity index (χ1) is 17.9. The monoisotopic (exact) mass is 517 g/mol. The number of rotatable bonds is 5. The van der Waals surface area contributed by atoms with Crippen LogP contribution in [-0.2, 0) is 27.9 Å². The van der Waals surface area contributed by atoms with Crippen molar-refractivity contribution in [1.29, 1.82) is 0 Å². The van der Waals surface area contributed by atoms with Gasteiger partial charge in [-0.1, -0.05) is 31.2 Å². The summed E-state index contributed by atoms with van der Waals surface area (Å²) in [5.41, 5.74) is 1.99. The molecule has 4 aliphatic carbocycles. The van der Waals surface area contributed by atoms with E-state index in [1.807, 2.05) is 24.5 Å². The van der Waals surface area contributed by atoms with Crippen LogP contribution in [0.4, 0.5) is 0 Å². The molecule has 37 heavy (non-hydrogen) atoms. The maximum Gasteiger partial charge on any atom is 0.165 e. The van der Waals surface area contributed by atoms with Crippen LogP contribution in [0.1, 0.15) is 48.6 Å². The molecule has 194 valence electrons. The van der Waals surface area contributed by atoms with Crippen molar-refractivity contribution in [2.45, 2.75) is 68.8 Å². The average molecular weight is 518 g/mol. The molecule has 4 bridgehead atoms. The highest BCUT2D eigenvalue weighted by Crippen LogP contribution is 2.78. The molecule has 6 heteroatoms. The molecular formula is C31H35NO4S. The molecule has 1 unspecified atom stereocenters. The van der Waals surface area contributed by atoms with Crippen LogP contribution in [0.5, 0.6) is 11.5 Å². The van der Waals surface area contributed by atoms with Crippen LogP contribution in [0.15, 0.2) is 42.5 Å². The number of phenolic OH excluding ortho intramolecular Hbond substituents is 1. The lowest BCUT2D eigenvalue weighted by molar-refractivity contribution is -0.313. The molecule has 1 N–H and O–H groups in total. The van der Waals surface area contributed by atoms with Crippen molar-refractivity contribution in [1.82, 2.24) is 4.90 Å². The first kappa shape index (κ1) is 22.8. The van der Waals surface area contributed by atoms with E-state index < -0.39 is 5.60 Å². The Morgan fingerprint density at radius 3 is 2.86 bits per heavy atom. The van der Waals surface area contributed by atoms with Gasteiger partial charge in [-0.15, -0.1) is 11.3 Å². The maximum absolute atomic E-state index is 11.0. The van der Waals surface area contributed by atoms with Gasteiger partial charge in [0.25, 0.3) is 0 Å². The lowest BCUT2D eigenvalue weighted by atomic mass is 9.32. The molecule has 3 saturated carbocycles. The van der Waals surface area contributed by atoms with Crippen LogP contribution in [0.3, 0.4) is 0 Å². The van der Waals surface area contributed by atoms with E-state index in [4.69, 9.17) is 14.2 Å². The molecule has 6 aliphatic rings. The number of hydrogen-bond donors (Lipinski definition) is 1. The fourth-order valence-electron chi connectivity index (χ4n) is 9.91. The molecule has 3 heterocycles. The summed E-state index contributed by atoms with van der Waals surface area (Å²) in [7, 11) is 4.19. The van der Waals surface area contributed by atoms with Crippen molar-refractivity contribution < 1.29 is 19.3 Å². The number of nitrogens with zero attached hydrogens (tertiary/aromatic N) is 1. The molecule has 9 rings (SSSR count). The van der Waals surface area contributed by atoms with Gasteiger partial charge in [0.2, 0.25) is 0 Å². The zero-order valence-electron chi connectivity index (χ0n) is 21.9. The van der Waals surface area contributed by atoms with Gasteiger partial charge < -0.3 is 24.2 Å². The van der Waals surface area contributed by atoms with Gasteiger partial charge in [0.15, 0.2) is 11.5 Å². The van der Waals surface area contributed by atoms with Gasteiger partial charge in [0.1, 0.15) is 11.7 Å². The number of fused-ring (bicyclic) bond motifs is 3. The van der Waals surface area contributed by atoms with E-state index in [1.165, 1.54) is 26.1 Å². The van der Waals surface area contributed by atoms with Crippen LogP contribution in [0, 0.1) is 10.8 Å². The average Bonchev–Trinajstić information content (AvgIpc) is 3.47. The van der Waals surface area contributed by atoms with Gasteiger partial charge >= 0.3 is 0 Å². The smallest absolute Gasteiger partial charge is 0.165 e. The number of likely N-dealkylation sites (N-methyl/N-ethyl adjacent to an activating group) is 1. The van der Waals surface area contributed by atoms with Crippen LogP contribution < -0.4 is 4.74 Å². The zero-order chi connectivity index (χ0) is 25.2. The number of likely N-dealkylation sites (tertiary alicyclic amines) is 1. The van der Waals surface area contributed by atoms with Crippen molar-refractivity contribution in [3.05, 3.63) is 58.5 Å². The van der Waals surface area contributed by atoms with Gasteiger partial charge in [0, 0.05) is 44.5 Å². The number of piperidine rings is 1. The molecule has 2 spiro atoms. The number of benzene rings is 2. The van der Waals surface area contributed by atoms with E-state index >= 15 is 0 Å². The lowest BCUT2D eigenvalue weighted by Gasteiger charge is -2.76. The molecule has 2 aliphatic heterocycles. The number of methoxy groups -OCH3 is 1. The van der Waals surface area contributed by atoms with E-state index in [1.54, 1.807) is 0 Å². The number of hydrogen-bond acceptors (Lipinski definition) is 6. The summed E-state index contributed by atoms with van der Waals surface area (Å²) in [6, 6.07) is 15.3. The van der Waals surface area contributed by atoms with Crippen molar-refractivity contribution in [3.63, 3.8) is 0 Å². The summed E-state index contributed by atoms with van der Waals surface area (Å²) in [6.45, 7) is 4.69. The third-order valence-electron chi connectivity index (χ3n) is 11.3. The first-order valence-electron chi connectivity index (χ1n) is 13.7. The minimum Gasteiger partial charge on any atom is -0.504 e. The molecule has 5 nitrogen and oxygen atoms in total. The Morgan fingerprint density at radius 2 is 2.03 bits per heavy atom. The number of thiophene rings is 1. The Balaban J connectivity index is 1.21. The Kier molecular flexibility index (Phi) is 4.50. The van der Waals surface area contributed by atoms with E-state index in [9.17, 15) is 5.11 Å². The summed E-state index contributed by atoms with van der Waals surface area (Å²) in [6.07, 6.45) is 5.13. The molecule has 0 amide bonds. The molecular weight excluding hydrogens is 482 g/mol. The Bertz CT molecular complexity index is 1400. The second-order valence-corrected chi connectivity index (χ2v) is 13.8. The summed E-state index contributed by atoms with van der Waals surface area (Å²) < 4.78 is 21.5. The van der Waals surface area contributed by atoms with Gasteiger partial charge in [-0.25, -0.2) is 0 Å². The molecule has 1 aromatic heterocycles. The van der Waals surface area contributed by atoms with Gasteiger partial charge in [-0.3, -0.25) is 0 Å². The fraction of sp³-hybridized carbons (Fsp3) is 0.548. The van der Waals surface area contributed by atoms with Crippen molar-refractivity contribution in [2.24, 2.45) is 10.8 Å². The first-order valence-corrected chi connectivity index (χ1v) is 14.5. The number of aromatic hydroxyl groups is 1. The fourth-order valence-corrected chi connectivity index (χ4v) is 10.9. The van der Waals surface area contributed by atoms with Crippen LogP contribution in [0.2, 0.25) is 0 Å². The molecule has 4 fully saturated rings. The molecule has 1 saturated heterocycles. The molecule has 6 atom stereocenters. The predicted octanol–water partition coefficient (Wildman–Crippen LogP) is 5.66. The normalized spacial score (nSPS) is 39.1. The van der Waals surface area contributed by atoms with Crippen LogP contribution in [0.25, 0.3) is 10.1 Å². The van der Waals surface area contributed by atoms with E-state index in [-0.39, 0.29) is 28.1 Å². The highest BCUT2D eigenvalue weighted by Gasteiger charge is 2.82. The second-order valence-electron chi connectivity index (χ2n) is 12.6. The summed E-state index contributed by atoms with van der Waals surface area (Å²) in [4.78, 5) is 3.87. The van der Waals surface area contributed by atoms with Crippen molar-refractivity contribution in [2.75, 3.05) is 27.3 Å². The predicted molar refractivity (Wildman–Crippen MR) is 145 cm³/mol. The second kappa shape index (κ2) is 7.29. The third-order valence-corrected chi connectivity index (χ3v) is 12.4. The number of phenols is 1. The molecule has 0 radical (unpaired) electrons. The lowest BCUT2D eigenvalue weighted by Crippen LogP contribution is -2.83.